The van der Waals surface area contributed by atoms with Crippen molar-refractivity contribution < 1.29 is 0 Å². The molecule has 3 heteroatoms. The van der Waals surface area contributed by atoms with Gasteiger partial charge < -0.3 is 10.2 Å². The monoisotopic (exact) mass is 215 g/mol. The molecule has 1 aromatic carbocycles. The molecule has 0 saturated carbocycles. The third-order valence-corrected chi connectivity index (χ3v) is 3.04. The van der Waals surface area contributed by atoms with E-state index in [4.69, 9.17) is 5.26 Å². The zero-order chi connectivity index (χ0) is 11.5. The molecule has 1 saturated heterocycles. The average molecular weight is 215 g/mol. The highest BCUT2D eigenvalue weighted by Crippen LogP contribution is 2.22. The van der Waals surface area contributed by atoms with E-state index in [1.165, 1.54) is 11.3 Å². The molecule has 3 nitrogen and oxygen atoms in total. The van der Waals surface area contributed by atoms with E-state index in [1.54, 1.807) is 0 Å². The van der Waals surface area contributed by atoms with Gasteiger partial charge in [0.05, 0.1) is 11.6 Å². The maximum atomic E-state index is 8.83. The van der Waals surface area contributed by atoms with Crippen molar-refractivity contribution in [3.8, 4) is 6.07 Å². The molecule has 1 aliphatic rings. The molecule has 0 spiro atoms. The Balaban J connectivity index is 2.23. The highest BCUT2D eigenvalue weighted by Gasteiger charge is 2.17. The molecule has 1 aromatic rings. The summed E-state index contributed by atoms with van der Waals surface area (Å²) >= 11 is 0. The molecule has 1 unspecified atom stereocenters. The van der Waals surface area contributed by atoms with Gasteiger partial charge in [0.2, 0.25) is 0 Å². The summed E-state index contributed by atoms with van der Waals surface area (Å²) in [7, 11) is 0. The van der Waals surface area contributed by atoms with Crippen molar-refractivity contribution >= 4 is 5.69 Å². The van der Waals surface area contributed by atoms with Crippen molar-refractivity contribution in [3.05, 3.63) is 29.3 Å². The summed E-state index contributed by atoms with van der Waals surface area (Å²) in [5.74, 6) is 0. The smallest absolute Gasteiger partial charge is 0.0991 e. The average Bonchev–Trinajstić information content (AvgIpc) is 2.28. The fraction of sp³-hybridized carbons (Fsp3) is 0.462. The largest absolute Gasteiger partial charge is 0.368 e. The predicted octanol–water partition coefficient (Wildman–Crippen LogP) is 1.66. The van der Waals surface area contributed by atoms with Gasteiger partial charge >= 0.3 is 0 Å². The Bertz CT molecular complexity index is 420. The van der Waals surface area contributed by atoms with E-state index in [1.807, 2.05) is 12.1 Å². The number of hydrogen-bond acceptors (Lipinski definition) is 3. The van der Waals surface area contributed by atoms with E-state index in [-0.39, 0.29) is 0 Å². The van der Waals surface area contributed by atoms with Crippen molar-refractivity contribution in [3.63, 3.8) is 0 Å². The van der Waals surface area contributed by atoms with Gasteiger partial charge in [-0.15, -0.1) is 0 Å². The number of piperazine rings is 1. The molecule has 0 aromatic heterocycles. The van der Waals surface area contributed by atoms with E-state index in [0.29, 0.717) is 6.04 Å². The molecule has 0 aliphatic carbocycles. The van der Waals surface area contributed by atoms with Gasteiger partial charge in [0.1, 0.15) is 0 Å². The summed E-state index contributed by atoms with van der Waals surface area (Å²) < 4.78 is 0. The van der Waals surface area contributed by atoms with Crippen LogP contribution < -0.4 is 10.2 Å². The third kappa shape index (κ3) is 2.17. The first-order chi connectivity index (χ1) is 7.70. The zero-order valence-electron chi connectivity index (χ0n) is 9.83. The summed E-state index contributed by atoms with van der Waals surface area (Å²) in [5, 5.41) is 12.3. The van der Waals surface area contributed by atoms with Crippen molar-refractivity contribution in [2.24, 2.45) is 0 Å². The second-order valence-corrected chi connectivity index (χ2v) is 4.41. The number of aryl methyl sites for hydroxylation is 1. The lowest BCUT2D eigenvalue weighted by atomic mass is 10.1. The lowest BCUT2D eigenvalue weighted by Crippen LogP contribution is -2.49. The van der Waals surface area contributed by atoms with Crippen LogP contribution >= 0.6 is 0 Å². The fourth-order valence-corrected chi connectivity index (χ4v) is 2.23. The fourth-order valence-electron chi connectivity index (χ4n) is 2.23. The minimum absolute atomic E-state index is 0.531. The van der Waals surface area contributed by atoms with Crippen LogP contribution in [-0.2, 0) is 0 Å². The van der Waals surface area contributed by atoms with Gasteiger partial charge in [-0.1, -0.05) is 0 Å². The Morgan fingerprint density at radius 1 is 1.50 bits per heavy atom. The summed E-state index contributed by atoms with van der Waals surface area (Å²) in [4.78, 5) is 2.39. The number of hydrogen-bond donors (Lipinski definition) is 1. The van der Waals surface area contributed by atoms with Crippen molar-refractivity contribution in [2.75, 3.05) is 24.5 Å². The molecule has 1 heterocycles. The summed E-state index contributed by atoms with van der Waals surface area (Å²) in [6, 6.07) is 8.63. The molecular formula is C13H17N3. The van der Waals surface area contributed by atoms with Gasteiger partial charge in [0.25, 0.3) is 0 Å². The highest BCUT2D eigenvalue weighted by atomic mass is 15.2. The van der Waals surface area contributed by atoms with Crippen LogP contribution in [0.4, 0.5) is 5.69 Å². The molecule has 0 bridgehead atoms. The van der Waals surface area contributed by atoms with Crippen LogP contribution in [0.15, 0.2) is 18.2 Å². The second-order valence-electron chi connectivity index (χ2n) is 4.41. The number of nitriles is 1. The molecule has 2 rings (SSSR count). The van der Waals surface area contributed by atoms with Crippen LogP contribution in [0.3, 0.4) is 0 Å². The number of benzene rings is 1. The van der Waals surface area contributed by atoms with E-state index < -0.39 is 0 Å². The summed E-state index contributed by atoms with van der Waals surface area (Å²) in [6.45, 7) is 7.37. The van der Waals surface area contributed by atoms with Crippen LogP contribution in [0, 0.1) is 18.3 Å². The lowest BCUT2D eigenvalue weighted by molar-refractivity contribution is 0.484. The van der Waals surface area contributed by atoms with E-state index in [0.717, 1.165) is 25.2 Å². The van der Waals surface area contributed by atoms with Crippen molar-refractivity contribution in [2.45, 2.75) is 19.9 Å². The molecule has 1 aliphatic heterocycles. The first-order valence-corrected chi connectivity index (χ1v) is 5.70. The summed E-state index contributed by atoms with van der Waals surface area (Å²) in [5.41, 5.74) is 3.19. The minimum atomic E-state index is 0.531. The van der Waals surface area contributed by atoms with Gasteiger partial charge in [-0.25, -0.2) is 0 Å². The van der Waals surface area contributed by atoms with E-state index in [9.17, 15) is 0 Å². The molecule has 16 heavy (non-hydrogen) atoms. The van der Waals surface area contributed by atoms with Crippen LogP contribution in [0.5, 0.6) is 0 Å². The second kappa shape index (κ2) is 4.54. The molecule has 0 amide bonds. The molecule has 1 atom stereocenters. The number of anilines is 1. The topological polar surface area (TPSA) is 39.1 Å². The maximum absolute atomic E-state index is 8.83. The Morgan fingerprint density at radius 3 is 2.94 bits per heavy atom. The molecule has 1 N–H and O–H groups in total. The van der Waals surface area contributed by atoms with Crippen LogP contribution in [-0.4, -0.2) is 25.7 Å². The highest BCUT2D eigenvalue weighted by molar-refractivity contribution is 5.56. The van der Waals surface area contributed by atoms with Gasteiger partial charge in [-0.2, -0.15) is 5.26 Å². The third-order valence-electron chi connectivity index (χ3n) is 3.04. The predicted molar refractivity (Wildman–Crippen MR) is 65.6 cm³/mol. The summed E-state index contributed by atoms with van der Waals surface area (Å²) in [6.07, 6.45) is 0. The zero-order valence-corrected chi connectivity index (χ0v) is 9.83. The van der Waals surface area contributed by atoms with Gasteiger partial charge in [-0.3, -0.25) is 0 Å². The van der Waals surface area contributed by atoms with E-state index >= 15 is 0 Å². The first kappa shape index (κ1) is 11.0. The van der Waals surface area contributed by atoms with Crippen molar-refractivity contribution in [1.82, 2.24) is 5.32 Å². The molecule has 1 fully saturated rings. The van der Waals surface area contributed by atoms with Crippen molar-refractivity contribution in [1.29, 1.82) is 5.26 Å². The van der Waals surface area contributed by atoms with Crippen LogP contribution in [0.2, 0.25) is 0 Å². The number of nitrogens with one attached hydrogen (secondary N) is 1. The normalized spacial score (nSPS) is 20.6. The Labute approximate surface area is 96.7 Å². The van der Waals surface area contributed by atoms with Crippen LogP contribution in [0.1, 0.15) is 18.1 Å². The lowest BCUT2D eigenvalue weighted by Gasteiger charge is -2.34. The van der Waals surface area contributed by atoms with Gasteiger partial charge in [0.15, 0.2) is 0 Å². The SMILES string of the molecule is Cc1cc(C#N)ccc1N1CCNC(C)C1. The number of rotatable bonds is 1. The standard InChI is InChI=1S/C13H17N3/c1-10-7-12(8-14)3-4-13(10)16-6-5-15-11(2)9-16/h3-4,7,11,15H,5-6,9H2,1-2H3. The Hall–Kier alpha value is -1.53. The molecular weight excluding hydrogens is 198 g/mol. The molecule has 0 radical (unpaired) electrons. The van der Waals surface area contributed by atoms with Gasteiger partial charge in [0, 0.05) is 31.4 Å². The Morgan fingerprint density at radius 2 is 2.31 bits per heavy atom. The first-order valence-electron chi connectivity index (χ1n) is 5.70. The van der Waals surface area contributed by atoms with E-state index in [2.05, 4.69) is 36.2 Å². The molecule has 84 valence electrons. The quantitative estimate of drug-likeness (QED) is 0.774. The minimum Gasteiger partial charge on any atom is -0.368 e. The van der Waals surface area contributed by atoms with Gasteiger partial charge in [-0.05, 0) is 37.6 Å². The Kier molecular flexibility index (Phi) is 3.12. The maximum Gasteiger partial charge on any atom is 0.0991 e. The van der Waals surface area contributed by atoms with Crippen LogP contribution in [0.25, 0.3) is 0 Å². The number of nitrogens with zero attached hydrogens (tertiary/aromatic N) is 2.